The summed E-state index contributed by atoms with van der Waals surface area (Å²) in [6, 6.07) is 3.42. The van der Waals surface area contributed by atoms with Crippen molar-refractivity contribution in [3.8, 4) is 5.88 Å². The van der Waals surface area contributed by atoms with Gasteiger partial charge in [-0.15, -0.1) is 0 Å². The average Bonchev–Trinajstić information content (AvgIpc) is 2.48. The first-order valence-corrected chi connectivity index (χ1v) is 7.10. The standard InChI is InChI=1S/C15H22N2O3/c1-11-13(15(18)19-2)5-6-14(17-11)20-9-7-12-4-3-8-16-10-12/h5-6,12,16H,3-4,7-10H2,1-2H3. The van der Waals surface area contributed by atoms with Gasteiger partial charge >= 0.3 is 5.97 Å². The molecule has 5 heteroatoms. The zero-order chi connectivity index (χ0) is 14.4. The minimum Gasteiger partial charge on any atom is -0.478 e. The number of carbonyl (C=O) groups is 1. The molecule has 1 unspecified atom stereocenters. The number of nitrogens with one attached hydrogen (secondary N) is 1. The number of piperidine rings is 1. The van der Waals surface area contributed by atoms with Crippen molar-refractivity contribution in [2.45, 2.75) is 26.2 Å². The third kappa shape index (κ3) is 3.93. The van der Waals surface area contributed by atoms with Crippen LogP contribution in [-0.4, -0.2) is 37.8 Å². The zero-order valence-corrected chi connectivity index (χ0v) is 12.1. The Balaban J connectivity index is 1.84. The number of carbonyl (C=O) groups excluding carboxylic acids is 1. The first kappa shape index (κ1) is 14.8. The number of aryl methyl sites for hydroxylation is 1. The van der Waals surface area contributed by atoms with E-state index in [1.54, 1.807) is 19.1 Å². The monoisotopic (exact) mass is 278 g/mol. The number of ether oxygens (including phenoxy) is 2. The lowest BCUT2D eigenvalue weighted by Crippen LogP contribution is -2.30. The molecule has 2 rings (SSSR count). The zero-order valence-electron chi connectivity index (χ0n) is 12.1. The van der Waals surface area contributed by atoms with E-state index in [-0.39, 0.29) is 5.97 Å². The minimum atomic E-state index is -0.366. The molecule has 1 fully saturated rings. The van der Waals surface area contributed by atoms with Crippen molar-refractivity contribution in [3.05, 3.63) is 23.4 Å². The van der Waals surface area contributed by atoms with Crippen molar-refractivity contribution in [1.29, 1.82) is 0 Å². The van der Waals surface area contributed by atoms with Crippen LogP contribution in [0.4, 0.5) is 0 Å². The number of hydrogen-bond donors (Lipinski definition) is 1. The maximum absolute atomic E-state index is 11.5. The maximum atomic E-state index is 11.5. The second kappa shape index (κ2) is 7.24. The normalized spacial score (nSPS) is 18.6. The Kier molecular flexibility index (Phi) is 5.35. The van der Waals surface area contributed by atoms with Crippen molar-refractivity contribution < 1.29 is 14.3 Å². The number of esters is 1. The van der Waals surface area contributed by atoms with E-state index in [0.29, 0.717) is 29.7 Å². The number of pyridine rings is 1. The molecule has 1 aliphatic heterocycles. The van der Waals surface area contributed by atoms with Crippen LogP contribution in [0.2, 0.25) is 0 Å². The Morgan fingerprint density at radius 2 is 2.35 bits per heavy atom. The van der Waals surface area contributed by atoms with Crippen LogP contribution >= 0.6 is 0 Å². The highest BCUT2D eigenvalue weighted by atomic mass is 16.5. The number of methoxy groups -OCH3 is 1. The van der Waals surface area contributed by atoms with E-state index >= 15 is 0 Å². The highest BCUT2D eigenvalue weighted by Gasteiger charge is 2.14. The maximum Gasteiger partial charge on any atom is 0.339 e. The molecule has 0 aliphatic carbocycles. The van der Waals surface area contributed by atoms with Gasteiger partial charge in [-0.3, -0.25) is 0 Å². The van der Waals surface area contributed by atoms with Gasteiger partial charge in [0.2, 0.25) is 5.88 Å². The fourth-order valence-electron chi connectivity index (χ4n) is 2.44. The molecule has 1 saturated heterocycles. The van der Waals surface area contributed by atoms with Gasteiger partial charge in [0.05, 0.1) is 25.0 Å². The lowest BCUT2D eigenvalue weighted by molar-refractivity contribution is 0.0599. The molecule has 1 aliphatic rings. The first-order valence-electron chi connectivity index (χ1n) is 7.10. The van der Waals surface area contributed by atoms with Gasteiger partial charge < -0.3 is 14.8 Å². The number of hydrogen-bond acceptors (Lipinski definition) is 5. The summed E-state index contributed by atoms with van der Waals surface area (Å²) in [4.78, 5) is 15.7. The van der Waals surface area contributed by atoms with Crippen LogP contribution < -0.4 is 10.1 Å². The summed E-state index contributed by atoms with van der Waals surface area (Å²) < 4.78 is 10.4. The molecule has 0 bridgehead atoms. The SMILES string of the molecule is COC(=O)c1ccc(OCCC2CCCNC2)nc1C. The van der Waals surface area contributed by atoms with Crippen LogP contribution in [0.1, 0.15) is 35.3 Å². The van der Waals surface area contributed by atoms with Crippen molar-refractivity contribution in [2.75, 3.05) is 26.8 Å². The van der Waals surface area contributed by atoms with E-state index in [1.165, 1.54) is 20.0 Å². The van der Waals surface area contributed by atoms with Crippen molar-refractivity contribution in [3.63, 3.8) is 0 Å². The van der Waals surface area contributed by atoms with Crippen LogP contribution in [-0.2, 0) is 4.74 Å². The summed E-state index contributed by atoms with van der Waals surface area (Å²) in [5.74, 6) is 0.896. The van der Waals surface area contributed by atoms with Crippen LogP contribution in [0.3, 0.4) is 0 Å². The van der Waals surface area contributed by atoms with E-state index < -0.39 is 0 Å². The molecule has 20 heavy (non-hydrogen) atoms. The largest absolute Gasteiger partial charge is 0.478 e. The third-order valence-corrected chi connectivity index (χ3v) is 3.64. The van der Waals surface area contributed by atoms with E-state index in [1.807, 2.05) is 0 Å². The van der Waals surface area contributed by atoms with E-state index in [2.05, 4.69) is 10.3 Å². The molecule has 1 aromatic rings. The first-order chi connectivity index (χ1) is 9.70. The minimum absolute atomic E-state index is 0.366. The molecule has 110 valence electrons. The highest BCUT2D eigenvalue weighted by molar-refractivity contribution is 5.90. The summed E-state index contributed by atoms with van der Waals surface area (Å²) in [7, 11) is 1.37. The lowest BCUT2D eigenvalue weighted by Gasteiger charge is -2.22. The van der Waals surface area contributed by atoms with Gasteiger partial charge in [-0.25, -0.2) is 9.78 Å². The molecule has 0 aromatic carbocycles. The van der Waals surface area contributed by atoms with Crippen LogP contribution in [0.5, 0.6) is 5.88 Å². The average molecular weight is 278 g/mol. The van der Waals surface area contributed by atoms with Gasteiger partial charge in [-0.05, 0) is 51.3 Å². The van der Waals surface area contributed by atoms with E-state index in [9.17, 15) is 4.79 Å². The molecule has 5 nitrogen and oxygen atoms in total. The summed E-state index contributed by atoms with van der Waals surface area (Å²) >= 11 is 0. The van der Waals surface area contributed by atoms with Crippen molar-refractivity contribution in [1.82, 2.24) is 10.3 Å². The van der Waals surface area contributed by atoms with Gasteiger partial charge in [-0.1, -0.05) is 0 Å². The molecule has 1 N–H and O–H groups in total. The number of rotatable bonds is 5. The summed E-state index contributed by atoms with van der Waals surface area (Å²) in [5, 5.41) is 3.40. The van der Waals surface area contributed by atoms with Gasteiger partial charge in [-0.2, -0.15) is 0 Å². The topological polar surface area (TPSA) is 60.5 Å². The van der Waals surface area contributed by atoms with Gasteiger partial charge in [0.15, 0.2) is 0 Å². The molecule has 0 radical (unpaired) electrons. The fraction of sp³-hybridized carbons (Fsp3) is 0.600. The summed E-state index contributed by atoms with van der Waals surface area (Å²) in [5.41, 5.74) is 1.12. The molecular formula is C15H22N2O3. The van der Waals surface area contributed by atoms with E-state index in [0.717, 1.165) is 19.5 Å². The summed E-state index contributed by atoms with van der Waals surface area (Å²) in [6.45, 7) is 4.66. The second-order valence-corrected chi connectivity index (χ2v) is 5.12. The smallest absolute Gasteiger partial charge is 0.339 e. The van der Waals surface area contributed by atoms with E-state index in [4.69, 9.17) is 9.47 Å². The molecule has 0 saturated carbocycles. The Bertz CT molecular complexity index is 456. The predicted octanol–water partition coefficient (Wildman–Crippen LogP) is 1.95. The predicted molar refractivity (Wildman–Crippen MR) is 76.0 cm³/mol. The quantitative estimate of drug-likeness (QED) is 0.834. The van der Waals surface area contributed by atoms with Gasteiger partial charge in [0, 0.05) is 6.07 Å². The van der Waals surface area contributed by atoms with Crippen molar-refractivity contribution in [2.24, 2.45) is 5.92 Å². The number of nitrogens with zero attached hydrogens (tertiary/aromatic N) is 1. The third-order valence-electron chi connectivity index (χ3n) is 3.64. The second-order valence-electron chi connectivity index (χ2n) is 5.12. The number of aromatic nitrogens is 1. The van der Waals surface area contributed by atoms with Crippen LogP contribution in [0, 0.1) is 12.8 Å². The molecular weight excluding hydrogens is 256 g/mol. The van der Waals surface area contributed by atoms with Crippen LogP contribution in [0.25, 0.3) is 0 Å². The molecule has 1 atom stereocenters. The summed E-state index contributed by atoms with van der Waals surface area (Å²) in [6.07, 6.45) is 3.55. The molecule has 2 heterocycles. The van der Waals surface area contributed by atoms with Crippen LogP contribution in [0.15, 0.2) is 12.1 Å². The van der Waals surface area contributed by atoms with Gasteiger partial charge in [0.1, 0.15) is 0 Å². The highest BCUT2D eigenvalue weighted by Crippen LogP contribution is 2.16. The Labute approximate surface area is 119 Å². The Morgan fingerprint density at radius 3 is 3.00 bits per heavy atom. The fourth-order valence-corrected chi connectivity index (χ4v) is 2.44. The Morgan fingerprint density at radius 1 is 1.50 bits per heavy atom. The molecule has 1 aromatic heterocycles. The Hall–Kier alpha value is -1.62. The lowest BCUT2D eigenvalue weighted by atomic mass is 9.97. The van der Waals surface area contributed by atoms with Gasteiger partial charge in [0.25, 0.3) is 0 Å². The molecule has 0 amide bonds. The molecule has 0 spiro atoms. The van der Waals surface area contributed by atoms with Crippen molar-refractivity contribution >= 4 is 5.97 Å².